The number of hydrogen-bond acceptors (Lipinski definition) is 3. The highest BCUT2D eigenvalue weighted by Gasteiger charge is 2.17. The van der Waals surface area contributed by atoms with Gasteiger partial charge in [-0.2, -0.15) is 0 Å². The second kappa shape index (κ2) is 8.67. The Bertz CT molecular complexity index is 438. The highest BCUT2D eigenvalue weighted by molar-refractivity contribution is 6.21. The molecule has 1 unspecified atom stereocenters. The molecule has 0 bridgehead atoms. The molecule has 1 rings (SSSR count). The second-order valence-electron chi connectivity index (χ2n) is 4.37. The van der Waals surface area contributed by atoms with Crippen LogP contribution >= 0.6 is 11.6 Å². The Morgan fingerprint density at radius 1 is 1.20 bits per heavy atom. The Morgan fingerprint density at radius 3 is 2.35 bits per heavy atom. The van der Waals surface area contributed by atoms with Crippen molar-refractivity contribution in [2.24, 2.45) is 0 Å². The van der Waals surface area contributed by atoms with Crippen molar-refractivity contribution in [2.45, 2.75) is 5.38 Å². The van der Waals surface area contributed by atoms with Crippen LogP contribution in [0.25, 0.3) is 0 Å². The smallest absolute Gasteiger partial charge is 0.123 e. The number of benzene rings is 1. The van der Waals surface area contributed by atoms with Crippen LogP contribution in [0.3, 0.4) is 0 Å². The van der Waals surface area contributed by atoms with Gasteiger partial charge in [0.15, 0.2) is 0 Å². The number of methoxy groups -OCH3 is 2. The van der Waals surface area contributed by atoms with Crippen molar-refractivity contribution in [1.29, 1.82) is 0 Å². The number of alkyl halides is 1. The zero-order chi connectivity index (χ0) is 15.0. The number of ether oxygens (including phenoxy) is 2. The van der Waals surface area contributed by atoms with Crippen LogP contribution in [0.15, 0.2) is 43.5 Å². The maximum absolute atomic E-state index is 6.54. The first-order chi connectivity index (χ1) is 9.65. The highest BCUT2D eigenvalue weighted by Crippen LogP contribution is 2.33. The van der Waals surface area contributed by atoms with Gasteiger partial charge in [0.25, 0.3) is 0 Å². The van der Waals surface area contributed by atoms with Crippen LogP contribution < -0.4 is 9.47 Å². The van der Waals surface area contributed by atoms with Crippen LogP contribution in [0.4, 0.5) is 0 Å². The van der Waals surface area contributed by atoms with E-state index in [1.807, 2.05) is 30.4 Å². The summed E-state index contributed by atoms with van der Waals surface area (Å²) in [5.41, 5.74) is 0.923. The van der Waals surface area contributed by atoms with Gasteiger partial charge in [-0.05, 0) is 18.2 Å². The third-order valence-corrected chi connectivity index (χ3v) is 3.34. The number of nitrogens with zero attached hydrogens (tertiary/aromatic N) is 1. The maximum Gasteiger partial charge on any atom is 0.123 e. The van der Waals surface area contributed by atoms with E-state index >= 15 is 0 Å². The lowest BCUT2D eigenvalue weighted by Crippen LogP contribution is -2.27. The van der Waals surface area contributed by atoms with E-state index in [0.717, 1.165) is 30.2 Å². The number of rotatable bonds is 9. The topological polar surface area (TPSA) is 21.7 Å². The van der Waals surface area contributed by atoms with Crippen molar-refractivity contribution in [3.8, 4) is 11.5 Å². The standard InChI is InChI=1S/C16H22ClNO2/c1-5-9-18(10-6-2)12-15(17)14-11-13(19-3)7-8-16(14)20-4/h5-8,11,15H,1-2,9-10,12H2,3-4H3. The third-order valence-electron chi connectivity index (χ3n) is 2.97. The van der Waals surface area contributed by atoms with E-state index in [9.17, 15) is 0 Å². The molecule has 0 fully saturated rings. The molecular formula is C16H22ClNO2. The molecule has 0 N–H and O–H groups in total. The molecule has 0 saturated heterocycles. The minimum absolute atomic E-state index is 0.194. The van der Waals surface area contributed by atoms with Gasteiger partial charge in [0.2, 0.25) is 0 Å². The predicted octanol–water partition coefficient (Wildman–Crippen LogP) is 3.66. The molecule has 0 aliphatic rings. The largest absolute Gasteiger partial charge is 0.497 e. The molecule has 110 valence electrons. The van der Waals surface area contributed by atoms with Gasteiger partial charge in [-0.15, -0.1) is 24.8 Å². The SMILES string of the molecule is C=CCN(CC=C)CC(Cl)c1cc(OC)ccc1OC. The average Bonchev–Trinajstić information content (AvgIpc) is 2.47. The normalized spacial score (nSPS) is 12.0. The summed E-state index contributed by atoms with van der Waals surface area (Å²) < 4.78 is 10.6. The minimum atomic E-state index is -0.194. The molecule has 0 aliphatic carbocycles. The minimum Gasteiger partial charge on any atom is -0.497 e. The molecule has 0 amide bonds. The van der Waals surface area contributed by atoms with Crippen molar-refractivity contribution < 1.29 is 9.47 Å². The molecule has 0 saturated carbocycles. The van der Waals surface area contributed by atoms with Crippen molar-refractivity contribution in [2.75, 3.05) is 33.9 Å². The second-order valence-corrected chi connectivity index (χ2v) is 4.90. The third kappa shape index (κ3) is 4.58. The van der Waals surface area contributed by atoms with Gasteiger partial charge < -0.3 is 9.47 Å². The zero-order valence-electron chi connectivity index (χ0n) is 12.1. The summed E-state index contributed by atoms with van der Waals surface area (Å²) in [5.74, 6) is 1.54. The lowest BCUT2D eigenvalue weighted by molar-refractivity contribution is 0.331. The molecule has 0 aromatic heterocycles. The van der Waals surface area contributed by atoms with Gasteiger partial charge in [-0.3, -0.25) is 4.90 Å². The van der Waals surface area contributed by atoms with Crippen molar-refractivity contribution in [1.82, 2.24) is 4.90 Å². The van der Waals surface area contributed by atoms with Gasteiger partial charge in [0.1, 0.15) is 11.5 Å². The molecule has 0 spiro atoms. The molecule has 20 heavy (non-hydrogen) atoms. The van der Waals surface area contributed by atoms with E-state index in [1.54, 1.807) is 14.2 Å². The van der Waals surface area contributed by atoms with Gasteiger partial charge in [-0.1, -0.05) is 12.2 Å². The Morgan fingerprint density at radius 2 is 1.85 bits per heavy atom. The van der Waals surface area contributed by atoms with Gasteiger partial charge >= 0.3 is 0 Å². The van der Waals surface area contributed by atoms with Gasteiger partial charge in [0.05, 0.1) is 19.6 Å². The summed E-state index contributed by atoms with van der Waals surface area (Å²) in [6, 6.07) is 5.64. The van der Waals surface area contributed by atoms with E-state index in [-0.39, 0.29) is 5.38 Å². The molecular weight excluding hydrogens is 274 g/mol. The fraction of sp³-hybridized carbons (Fsp3) is 0.375. The van der Waals surface area contributed by atoms with E-state index in [2.05, 4.69) is 18.1 Å². The number of halogens is 1. The molecule has 3 nitrogen and oxygen atoms in total. The Kier molecular flexibility index (Phi) is 7.20. The molecule has 0 radical (unpaired) electrons. The van der Waals surface area contributed by atoms with E-state index in [1.165, 1.54) is 0 Å². The lowest BCUT2D eigenvalue weighted by atomic mass is 10.1. The van der Waals surface area contributed by atoms with E-state index < -0.39 is 0 Å². The Hall–Kier alpha value is -1.45. The zero-order valence-corrected chi connectivity index (χ0v) is 12.9. The quantitative estimate of drug-likeness (QED) is 0.513. The Balaban J connectivity index is 2.90. The van der Waals surface area contributed by atoms with Crippen molar-refractivity contribution in [3.05, 3.63) is 49.1 Å². The summed E-state index contributed by atoms with van der Waals surface area (Å²) >= 11 is 6.54. The summed E-state index contributed by atoms with van der Waals surface area (Å²) in [7, 11) is 3.27. The van der Waals surface area contributed by atoms with Crippen LogP contribution in [0.5, 0.6) is 11.5 Å². The fourth-order valence-corrected chi connectivity index (χ4v) is 2.36. The van der Waals surface area contributed by atoms with Crippen LogP contribution in [0.1, 0.15) is 10.9 Å². The first-order valence-corrected chi connectivity index (χ1v) is 6.90. The predicted molar refractivity (Wildman–Crippen MR) is 85.0 cm³/mol. The maximum atomic E-state index is 6.54. The summed E-state index contributed by atoms with van der Waals surface area (Å²) in [4.78, 5) is 2.16. The first-order valence-electron chi connectivity index (χ1n) is 6.46. The fourth-order valence-electron chi connectivity index (χ4n) is 2.00. The summed E-state index contributed by atoms with van der Waals surface area (Å²) in [5, 5.41) is -0.194. The van der Waals surface area contributed by atoms with Gasteiger partial charge in [0, 0.05) is 25.2 Å². The Labute approximate surface area is 126 Å². The van der Waals surface area contributed by atoms with Crippen LogP contribution in [-0.2, 0) is 0 Å². The molecule has 4 heteroatoms. The van der Waals surface area contributed by atoms with Crippen molar-refractivity contribution in [3.63, 3.8) is 0 Å². The average molecular weight is 296 g/mol. The summed E-state index contributed by atoms with van der Waals surface area (Å²) in [6.45, 7) is 9.73. The molecule has 0 aliphatic heterocycles. The van der Waals surface area contributed by atoms with E-state index in [0.29, 0.717) is 6.54 Å². The van der Waals surface area contributed by atoms with E-state index in [4.69, 9.17) is 21.1 Å². The first kappa shape index (κ1) is 16.6. The van der Waals surface area contributed by atoms with Crippen LogP contribution in [0, 0.1) is 0 Å². The molecule has 1 aromatic rings. The number of hydrogen-bond donors (Lipinski definition) is 0. The molecule has 0 heterocycles. The monoisotopic (exact) mass is 295 g/mol. The highest BCUT2D eigenvalue weighted by atomic mass is 35.5. The van der Waals surface area contributed by atoms with Crippen LogP contribution in [-0.4, -0.2) is 38.8 Å². The van der Waals surface area contributed by atoms with Crippen molar-refractivity contribution >= 4 is 11.6 Å². The van der Waals surface area contributed by atoms with Crippen LogP contribution in [0.2, 0.25) is 0 Å². The van der Waals surface area contributed by atoms with Gasteiger partial charge in [-0.25, -0.2) is 0 Å². The molecule has 1 aromatic carbocycles. The lowest BCUT2D eigenvalue weighted by Gasteiger charge is -2.23. The molecule has 1 atom stereocenters. The summed E-state index contributed by atoms with van der Waals surface area (Å²) in [6.07, 6.45) is 3.71.